The number of carbonyl (C=O) groups excluding carboxylic acids is 1. The first-order chi connectivity index (χ1) is 23.7. The van der Waals surface area contributed by atoms with Crippen molar-refractivity contribution in [2.45, 2.75) is 37.1 Å². The molecule has 0 atom stereocenters. The predicted octanol–water partition coefficient (Wildman–Crippen LogP) is 7.27. The summed E-state index contributed by atoms with van der Waals surface area (Å²) in [5, 5.41) is 15.6. The molecule has 10 nitrogen and oxygen atoms in total. The highest BCUT2D eigenvalue weighted by atomic mass is 35.5. The van der Waals surface area contributed by atoms with Gasteiger partial charge in [0.1, 0.15) is 5.69 Å². The largest absolute Gasteiger partial charge is 0.376 e. The molecule has 0 aromatic heterocycles. The van der Waals surface area contributed by atoms with Gasteiger partial charge in [0, 0.05) is 61.6 Å². The van der Waals surface area contributed by atoms with Crippen LogP contribution in [0.2, 0.25) is 5.02 Å². The quantitative estimate of drug-likeness (QED) is 0.0952. The van der Waals surface area contributed by atoms with Gasteiger partial charge in [-0.05, 0) is 90.9 Å². The van der Waals surface area contributed by atoms with Crippen molar-refractivity contribution in [2.24, 2.45) is 0 Å². The Morgan fingerprint density at radius 1 is 0.898 bits per heavy atom. The first-order valence-electron chi connectivity index (χ1n) is 16.3. The highest BCUT2D eigenvalue weighted by Crippen LogP contribution is 2.30. The first kappa shape index (κ1) is 34.2. The normalized spacial score (nSPS) is 15.4. The Hall–Kier alpha value is -4.71. The fraction of sp³-hybridized carbons (Fsp3) is 0.270. The van der Waals surface area contributed by atoms with Gasteiger partial charge in [-0.1, -0.05) is 59.6 Å². The molecule has 4 aromatic carbocycles. The van der Waals surface area contributed by atoms with Gasteiger partial charge in [0.2, 0.25) is 0 Å². The summed E-state index contributed by atoms with van der Waals surface area (Å²) >= 11 is 6.10. The van der Waals surface area contributed by atoms with Crippen molar-refractivity contribution in [3.63, 3.8) is 0 Å². The maximum absolute atomic E-state index is 13.1. The average molecular weight is 700 g/mol. The smallest absolute Gasteiger partial charge is 0.293 e. The molecule has 2 aliphatic rings. The number of benzene rings is 4. The number of rotatable bonds is 11. The van der Waals surface area contributed by atoms with Crippen molar-refractivity contribution in [1.29, 1.82) is 0 Å². The Morgan fingerprint density at radius 3 is 2.33 bits per heavy atom. The zero-order valence-electron chi connectivity index (χ0n) is 27.0. The summed E-state index contributed by atoms with van der Waals surface area (Å²) in [7, 11) is -4.37. The maximum Gasteiger partial charge on any atom is 0.293 e. The minimum absolute atomic E-state index is 0.165. The van der Waals surface area contributed by atoms with Crippen LogP contribution in [0.1, 0.15) is 41.6 Å². The van der Waals surface area contributed by atoms with Crippen molar-refractivity contribution in [2.75, 3.05) is 42.9 Å². The number of piperazine rings is 1. The molecule has 0 unspecified atom stereocenters. The summed E-state index contributed by atoms with van der Waals surface area (Å²) in [6.07, 6.45) is 6.26. The molecule has 6 rings (SSSR count). The van der Waals surface area contributed by atoms with Gasteiger partial charge >= 0.3 is 0 Å². The molecule has 0 radical (unpaired) electrons. The zero-order valence-corrected chi connectivity index (χ0v) is 28.6. The molecule has 0 spiro atoms. The van der Waals surface area contributed by atoms with E-state index in [2.05, 4.69) is 44.1 Å². The van der Waals surface area contributed by atoms with Gasteiger partial charge in [-0.25, -0.2) is 13.1 Å². The molecule has 1 aliphatic carbocycles. The standard InChI is InChI=1S/C37H38ClN5O5S/c38-31-14-10-28(11-15-31)34-9-5-4-8-30(34)26-41-20-22-42(23-21-41)32-16-12-29(13-17-32)37(44)40-49(47,48)33-18-19-35(36(24-33)43(45)46)39-25-27-6-2-1-3-7-27/h4-6,8-19,24,39H,1-3,7,20-23,25-26H2,(H,40,44). The second-order valence-electron chi connectivity index (χ2n) is 12.3. The Labute approximate surface area is 291 Å². The number of halogens is 1. The second-order valence-corrected chi connectivity index (χ2v) is 14.4. The zero-order chi connectivity index (χ0) is 34.4. The Bertz CT molecular complexity index is 1960. The second kappa shape index (κ2) is 15.2. The molecular formula is C37H38ClN5O5S. The number of carbonyl (C=O) groups is 1. The minimum atomic E-state index is -4.37. The molecule has 0 bridgehead atoms. The van der Waals surface area contributed by atoms with Gasteiger partial charge in [-0.2, -0.15) is 0 Å². The van der Waals surface area contributed by atoms with Gasteiger partial charge in [-0.3, -0.25) is 19.8 Å². The summed E-state index contributed by atoms with van der Waals surface area (Å²) in [6, 6.07) is 26.7. The third-order valence-electron chi connectivity index (χ3n) is 9.03. The molecule has 12 heteroatoms. The number of nitrogens with zero attached hydrogens (tertiary/aromatic N) is 3. The summed E-state index contributed by atoms with van der Waals surface area (Å²) in [4.78, 5) is 28.4. The summed E-state index contributed by atoms with van der Waals surface area (Å²) in [5.74, 6) is -0.815. The van der Waals surface area contributed by atoms with Crippen molar-refractivity contribution in [3.8, 4) is 11.1 Å². The minimum Gasteiger partial charge on any atom is -0.376 e. The van der Waals surface area contributed by atoms with Crippen molar-refractivity contribution in [3.05, 3.63) is 129 Å². The van der Waals surface area contributed by atoms with Crippen LogP contribution in [0.5, 0.6) is 0 Å². The van der Waals surface area contributed by atoms with E-state index in [1.54, 1.807) is 24.3 Å². The number of nitro benzene ring substituents is 1. The van der Waals surface area contributed by atoms with E-state index in [1.165, 1.54) is 28.8 Å². The van der Waals surface area contributed by atoms with Gasteiger partial charge in [0.05, 0.1) is 9.82 Å². The third kappa shape index (κ3) is 8.48. The fourth-order valence-corrected chi connectivity index (χ4v) is 7.41. The number of hydrogen-bond donors (Lipinski definition) is 2. The SMILES string of the molecule is O=C(NS(=O)(=O)c1ccc(NCC2=CCCCC2)c([N+](=O)[O-])c1)c1ccc(N2CCN(Cc3ccccc3-c3ccc(Cl)cc3)CC2)cc1. The van der Waals surface area contributed by atoms with Crippen LogP contribution in [-0.2, 0) is 16.6 Å². The van der Waals surface area contributed by atoms with Crippen LogP contribution in [0.25, 0.3) is 11.1 Å². The molecule has 254 valence electrons. The summed E-state index contributed by atoms with van der Waals surface area (Å²) in [5.41, 5.74) is 5.69. The Balaban J connectivity index is 1.05. The van der Waals surface area contributed by atoms with E-state index < -0.39 is 20.9 Å². The lowest BCUT2D eigenvalue weighted by atomic mass is 9.99. The van der Waals surface area contributed by atoms with Crippen molar-refractivity contribution >= 4 is 44.6 Å². The molecule has 49 heavy (non-hydrogen) atoms. The van der Waals surface area contributed by atoms with Crippen molar-refractivity contribution < 1.29 is 18.1 Å². The number of anilines is 2. The van der Waals surface area contributed by atoms with Gasteiger partial charge in [-0.15, -0.1) is 0 Å². The van der Waals surface area contributed by atoms with E-state index in [4.69, 9.17) is 11.6 Å². The average Bonchev–Trinajstić information content (AvgIpc) is 3.12. The molecule has 1 saturated heterocycles. The van der Waals surface area contributed by atoms with E-state index in [1.807, 2.05) is 30.3 Å². The van der Waals surface area contributed by atoms with Gasteiger partial charge < -0.3 is 10.2 Å². The van der Waals surface area contributed by atoms with E-state index in [0.29, 0.717) is 11.6 Å². The molecule has 4 aromatic rings. The number of nitrogens with one attached hydrogen (secondary N) is 2. The van der Waals surface area contributed by atoms with Crippen LogP contribution in [0.3, 0.4) is 0 Å². The molecular weight excluding hydrogens is 662 g/mol. The Morgan fingerprint density at radius 2 is 1.63 bits per heavy atom. The molecule has 1 amide bonds. The Kier molecular flexibility index (Phi) is 10.6. The van der Waals surface area contributed by atoms with Crippen LogP contribution in [0, 0.1) is 10.1 Å². The van der Waals surface area contributed by atoms with Crippen LogP contribution in [-0.4, -0.2) is 56.9 Å². The summed E-state index contributed by atoms with van der Waals surface area (Å²) < 4.78 is 28.3. The van der Waals surface area contributed by atoms with E-state index >= 15 is 0 Å². The molecule has 2 N–H and O–H groups in total. The molecule has 1 heterocycles. The lowest BCUT2D eigenvalue weighted by Gasteiger charge is -2.36. The number of allylic oxidation sites excluding steroid dienone is 1. The van der Waals surface area contributed by atoms with E-state index in [9.17, 15) is 23.3 Å². The maximum atomic E-state index is 13.1. The lowest BCUT2D eigenvalue weighted by Crippen LogP contribution is -2.46. The topological polar surface area (TPSA) is 125 Å². The first-order valence-corrected chi connectivity index (χ1v) is 18.2. The van der Waals surface area contributed by atoms with Crippen LogP contribution in [0.4, 0.5) is 17.1 Å². The highest BCUT2D eigenvalue weighted by Gasteiger charge is 2.25. The van der Waals surface area contributed by atoms with Crippen LogP contribution >= 0.6 is 11.6 Å². The monoisotopic (exact) mass is 699 g/mol. The lowest BCUT2D eigenvalue weighted by molar-refractivity contribution is -0.384. The number of amides is 1. The van der Waals surface area contributed by atoms with Gasteiger partial charge in [0.15, 0.2) is 0 Å². The molecule has 0 saturated carbocycles. The van der Waals surface area contributed by atoms with E-state index in [0.717, 1.165) is 75.7 Å². The number of hydrogen-bond acceptors (Lipinski definition) is 8. The molecule has 1 fully saturated rings. The van der Waals surface area contributed by atoms with E-state index in [-0.39, 0.29) is 21.8 Å². The highest BCUT2D eigenvalue weighted by molar-refractivity contribution is 7.90. The fourth-order valence-electron chi connectivity index (χ4n) is 6.29. The van der Waals surface area contributed by atoms with Gasteiger partial charge in [0.25, 0.3) is 21.6 Å². The van der Waals surface area contributed by atoms with Crippen LogP contribution in [0.15, 0.2) is 108 Å². The summed E-state index contributed by atoms with van der Waals surface area (Å²) in [6.45, 7) is 4.58. The van der Waals surface area contributed by atoms with Crippen LogP contribution < -0.4 is 14.9 Å². The number of nitro groups is 1. The molecule has 1 aliphatic heterocycles. The third-order valence-corrected chi connectivity index (χ3v) is 10.6. The number of sulfonamides is 1. The predicted molar refractivity (Wildman–Crippen MR) is 194 cm³/mol. The van der Waals surface area contributed by atoms with Crippen molar-refractivity contribution in [1.82, 2.24) is 9.62 Å².